The second-order valence-electron chi connectivity index (χ2n) is 20.7. The summed E-state index contributed by atoms with van der Waals surface area (Å²) >= 11 is 0. The minimum atomic E-state index is -2.10. The Morgan fingerprint density at radius 2 is 1.75 bits per heavy atom. The van der Waals surface area contributed by atoms with E-state index in [-0.39, 0.29) is 42.6 Å². The number of ether oxygens (including phenoxy) is 7. The highest BCUT2D eigenvalue weighted by Gasteiger charge is 2.52. The summed E-state index contributed by atoms with van der Waals surface area (Å²) in [5.41, 5.74) is -4.76. The molecule has 0 amide bonds. The fourth-order valence-electron chi connectivity index (χ4n) is 10.5. The third kappa shape index (κ3) is 15.0. The standard InChI is InChI=1S/C51H86N2O14S2/c1-15-20-40-51(59,17-3)44(55)35(8)53(13)30-31(4)28-49(9,58)46(33(6)37(34(7)47(57)65-40)23-25-62-42-29-50(10,61-14)45(56)39(16-2)64-42)67-48-43(38(52(11)12)27-32(5)63-48)66-41(54)22-19-18-21-36-24-26-68-69(36)60/h15-17,20,23,25,31-40,42-46,48,55-56,58-59H,2-3,18-19,21-22,24,26-30H2,1,4-14H3/b20-15+,25-23+/t31-,32-,33+,34-,35-,36-,37+,38+,39+,40?,42-,43-,44-,45+,46-,48+,49-,50-,51-,69?/m1/s1. The van der Waals surface area contributed by atoms with Crippen LogP contribution in [-0.4, -0.2) is 177 Å². The summed E-state index contributed by atoms with van der Waals surface area (Å²) in [4.78, 5) is 32.2. The lowest BCUT2D eigenvalue weighted by molar-refractivity contribution is -0.299. The number of carbonyl (C=O) groups excluding carboxylic acids is 2. The minimum Gasteiger partial charge on any atom is -0.605 e. The molecule has 0 aromatic heterocycles. The van der Waals surface area contributed by atoms with Gasteiger partial charge < -0.3 is 67.9 Å². The summed E-state index contributed by atoms with van der Waals surface area (Å²) in [7, 11) is 7.71. The number of hydrogen-bond acceptors (Lipinski definition) is 17. The smallest absolute Gasteiger partial charge is 0.309 e. The van der Waals surface area contributed by atoms with Crippen LogP contribution in [0.2, 0.25) is 0 Å². The molecule has 4 heterocycles. The number of allylic oxidation sites excluding steroid dienone is 2. The Bertz CT molecular complexity index is 1720. The first-order valence-electron chi connectivity index (χ1n) is 24.7. The normalized spacial score (nSPS) is 43.6. The van der Waals surface area contributed by atoms with Crippen LogP contribution >= 0.6 is 10.8 Å². The minimum absolute atomic E-state index is 0.137. The Kier molecular flexibility index (Phi) is 22.6. The molecular formula is C51H86N2O14S2. The average Bonchev–Trinajstić information content (AvgIpc) is 3.71. The van der Waals surface area contributed by atoms with Gasteiger partial charge in [0.25, 0.3) is 0 Å². The number of nitrogens with zero attached hydrogens (tertiary/aromatic N) is 2. The van der Waals surface area contributed by atoms with Crippen molar-refractivity contribution < 1.29 is 67.7 Å². The van der Waals surface area contributed by atoms with Crippen molar-refractivity contribution in [3.8, 4) is 0 Å². The summed E-state index contributed by atoms with van der Waals surface area (Å²) < 4.78 is 56.4. The van der Waals surface area contributed by atoms with E-state index in [2.05, 4.69) is 13.2 Å². The van der Waals surface area contributed by atoms with Crippen LogP contribution in [0.1, 0.15) is 107 Å². The second-order valence-corrected chi connectivity index (χ2v) is 24.2. The molecule has 0 aliphatic carbocycles. The van der Waals surface area contributed by atoms with E-state index in [0.717, 1.165) is 25.0 Å². The molecule has 0 bridgehead atoms. The van der Waals surface area contributed by atoms with Crippen molar-refractivity contribution in [3.63, 3.8) is 0 Å². The number of cyclic esters (lactones) is 1. The van der Waals surface area contributed by atoms with Crippen LogP contribution in [0.15, 0.2) is 49.8 Å². The van der Waals surface area contributed by atoms with Gasteiger partial charge in [-0.2, -0.15) is 0 Å². The van der Waals surface area contributed by atoms with Crippen LogP contribution in [0.4, 0.5) is 0 Å². The van der Waals surface area contributed by atoms with Gasteiger partial charge in [0, 0.05) is 54.9 Å². The van der Waals surface area contributed by atoms with E-state index in [1.54, 1.807) is 46.8 Å². The quantitative estimate of drug-likeness (QED) is 0.0379. The van der Waals surface area contributed by atoms with Crippen LogP contribution < -0.4 is 0 Å². The van der Waals surface area contributed by atoms with Gasteiger partial charge in [-0.1, -0.05) is 45.6 Å². The molecule has 0 radical (unpaired) electrons. The Balaban J connectivity index is 1.80. The van der Waals surface area contributed by atoms with E-state index < -0.39 is 112 Å². The number of aliphatic hydroxyl groups excluding tert-OH is 2. The molecule has 4 rings (SSSR count). The SMILES string of the molecule is C=C[C@@H]1O[C@@H](O/C=C/[C@H]2[C@H](C)[C@@H](O[C@@H]3O[C@H](C)C[C@H](N(C)C)[C@H]3OC(=O)CCCC[C@@H]3CCS[S+]3[O-])[C@](C)(O)C[C@@H](C)CN(C)[C@H](C)[C@@H](O)[C@@](O)(C=C)C(/C=C/C)OC(=O)[C@@H]2C)C[C@@](C)(OC)[C@H]1O. The lowest BCUT2D eigenvalue weighted by atomic mass is 9.73. The highest BCUT2D eigenvalue weighted by molar-refractivity contribution is 8.72. The van der Waals surface area contributed by atoms with E-state index >= 15 is 0 Å². The highest BCUT2D eigenvalue weighted by atomic mass is 33.1. The van der Waals surface area contributed by atoms with Crippen molar-refractivity contribution >= 4 is 32.9 Å². The molecule has 0 aromatic rings. The number of esters is 2. The highest BCUT2D eigenvalue weighted by Crippen LogP contribution is 2.41. The monoisotopic (exact) mass is 1010 g/mol. The number of aliphatic hydroxyl groups is 4. The summed E-state index contributed by atoms with van der Waals surface area (Å²) in [6, 6.07) is -0.988. The zero-order valence-corrected chi connectivity index (χ0v) is 44.9. The van der Waals surface area contributed by atoms with Gasteiger partial charge in [0.2, 0.25) is 6.29 Å². The topological polar surface area (TPSA) is 209 Å². The zero-order valence-electron chi connectivity index (χ0n) is 43.3. The van der Waals surface area contributed by atoms with E-state index in [1.807, 2.05) is 51.7 Å². The molecule has 4 aliphatic heterocycles. The van der Waals surface area contributed by atoms with Crippen molar-refractivity contribution in [2.45, 2.75) is 196 Å². The van der Waals surface area contributed by atoms with Gasteiger partial charge >= 0.3 is 11.9 Å². The summed E-state index contributed by atoms with van der Waals surface area (Å²) in [5.74, 6) is -3.03. The first-order valence-corrected chi connectivity index (χ1v) is 27.4. The molecule has 16 nitrogen and oxygen atoms in total. The van der Waals surface area contributed by atoms with E-state index in [4.69, 9.17) is 33.2 Å². The van der Waals surface area contributed by atoms with Gasteiger partial charge in [-0.3, -0.25) is 9.59 Å². The summed E-state index contributed by atoms with van der Waals surface area (Å²) in [5, 5.41) is 48.0. The first kappa shape index (κ1) is 59.5. The van der Waals surface area contributed by atoms with Crippen molar-refractivity contribution in [1.29, 1.82) is 0 Å². The van der Waals surface area contributed by atoms with Gasteiger partial charge in [-0.05, 0) is 118 Å². The van der Waals surface area contributed by atoms with Crippen molar-refractivity contribution in [3.05, 3.63) is 49.8 Å². The number of unbranched alkanes of at least 4 members (excludes halogenated alkanes) is 1. The molecular weight excluding hydrogens is 929 g/mol. The lowest BCUT2D eigenvalue weighted by Gasteiger charge is -2.48. The Morgan fingerprint density at radius 3 is 2.35 bits per heavy atom. The maximum Gasteiger partial charge on any atom is 0.309 e. The third-order valence-electron chi connectivity index (χ3n) is 14.9. The Labute approximate surface area is 419 Å². The van der Waals surface area contributed by atoms with Gasteiger partial charge in [0.1, 0.15) is 23.6 Å². The molecule has 396 valence electrons. The maximum atomic E-state index is 14.6. The zero-order chi connectivity index (χ0) is 51.6. The summed E-state index contributed by atoms with van der Waals surface area (Å²) in [6.07, 6.45) is 3.96. The molecule has 4 saturated heterocycles. The number of carbonyl (C=O) groups is 2. The van der Waals surface area contributed by atoms with E-state index in [0.29, 0.717) is 19.4 Å². The molecule has 0 saturated carbocycles. The molecule has 0 spiro atoms. The number of rotatable bonds is 16. The lowest BCUT2D eigenvalue weighted by Crippen LogP contribution is -2.59. The molecule has 4 aliphatic rings. The van der Waals surface area contributed by atoms with Crippen LogP contribution in [0.5, 0.6) is 0 Å². The van der Waals surface area contributed by atoms with Gasteiger partial charge in [0.05, 0.1) is 52.4 Å². The number of likely N-dealkylation sites (N-methyl/N-ethyl adjacent to an activating group) is 2. The van der Waals surface area contributed by atoms with Crippen LogP contribution in [-0.2, 0) is 53.0 Å². The number of methoxy groups -OCH3 is 1. The fraction of sp³-hybridized carbons (Fsp3) is 0.804. The molecule has 0 aromatic carbocycles. The van der Waals surface area contributed by atoms with Crippen molar-refractivity contribution in [1.82, 2.24) is 9.80 Å². The molecule has 2 unspecified atom stereocenters. The third-order valence-corrected chi connectivity index (χ3v) is 18.6. The van der Waals surface area contributed by atoms with Crippen LogP contribution in [0.25, 0.3) is 0 Å². The molecule has 69 heavy (non-hydrogen) atoms. The number of hydrogen-bond donors (Lipinski definition) is 4. The Hall–Kier alpha value is -2.04. The van der Waals surface area contributed by atoms with E-state index in [1.165, 1.54) is 42.4 Å². The van der Waals surface area contributed by atoms with Crippen LogP contribution in [0.3, 0.4) is 0 Å². The predicted octanol–water partition coefficient (Wildman–Crippen LogP) is 5.44. The van der Waals surface area contributed by atoms with Gasteiger partial charge in [-0.25, -0.2) is 0 Å². The van der Waals surface area contributed by atoms with E-state index in [9.17, 15) is 34.6 Å². The predicted molar refractivity (Wildman–Crippen MR) is 268 cm³/mol. The first-order chi connectivity index (χ1) is 32.4. The fourth-order valence-corrected chi connectivity index (χ4v) is 14.0. The second kappa shape index (κ2) is 26.3. The molecule has 4 fully saturated rings. The Morgan fingerprint density at radius 1 is 1.06 bits per heavy atom. The average molecular weight is 1020 g/mol. The maximum absolute atomic E-state index is 14.6. The molecule has 20 atom stereocenters. The summed E-state index contributed by atoms with van der Waals surface area (Å²) in [6.45, 7) is 22.4. The van der Waals surface area contributed by atoms with Crippen molar-refractivity contribution in [2.75, 3.05) is 40.6 Å². The van der Waals surface area contributed by atoms with Crippen molar-refractivity contribution in [2.24, 2.45) is 23.7 Å². The molecule has 18 heteroatoms. The largest absolute Gasteiger partial charge is 0.605 e. The van der Waals surface area contributed by atoms with Gasteiger partial charge in [-0.15, -0.1) is 6.58 Å². The van der Waals surface area contributed by atoms with Crippen LogP contribution in [0, 0.1) is 23.7 Å². The van der Waals surface area contributed by atoms with Gasteiger partial charge in [0.15, 0.2) is 24.1 Å². The molecule has 4 N–H and O–H groups in total.